The van der Waals surface area contributed by atoms with E-state index in [0.717, 1.165) is 12.1 Å². The summed E-state index contributed by atoms with van der Waals surface area (Å²) in [7, 11) is -4.35. The largest absolute Gasteiger partial charge is 0.325 e. The van der Waals surface area contributed by atoms with E-state index < -0.39 is 39.7 Å². The molecule has 4 nitrogen and oxygen atoms in total. The van der Waals surface area contributed by atoms with E-state index in [2.05, 4.69) is 15.9 Å². The van der Waals surface area contributed by atoms with Crippen molar-refractivity contribution in [3.05, 3.63) is 28.5 Å². The van der Waals surface area contributed by atoms with Gasteiger partial charge in [-0.05, 0) is 18.2 Å². The second-order valence-electron chi connectivity index (χ2n) is 3.46. The molecule has 19 heavy (non-hydrogen) atoms. The maximum atomic E-state index is 13.3. The molecule has 0 fully saturated rings. The van der Waals surface area contributed by atoms with E-state index >= 15 is 0 Å². The molecule has 1 aromatic carbocycles. The minimum atomic E-state index is -4.35. The Labute approximate surface area is 123 Å². The Hall–Kier alpha value is -0.350. The molecule has 0 aromatic heterocycles. The minimum Gasteiger partial charge on any atom is -0.325 e. The zero-order chi connectivity index (χ0) is 14.0. The first-order valence-corrected chi connectivity index (χ1v) is 6.98. The molecule has 0 aliphatic rings. The van der Waals surface area contributed by atoms with Gasteiger partial charge >= 0.3 is 0 Å². The van der Waals surface area contributed by atoms with Gasteiger partial charge in [0.1, 0.15) is 10.7 Å². The molecule has 0 radical (unpaired) electrons. The van der Waals surface area contributed by atoms with Gasteiger partial charge in [0, 0.05) is 4.47 Å². The number of nitrogens with one attached hydrogen (secondary N) is 1. The minimum absolute atomic E-state index is 0. The predicted molar refractivity (Wildman–Crippen MR) is 70.5 cm³/mol. The molecule has 0 unspecified atom stereocenters. The van der Waals surface area contributed by atoms with Crippen molar-refractivity contribution in [2.75, 3.05) is 13.1 Å². The average molecular weight is 384 g/mol. The average Bonchev–Trinajstić information content (AvgIpc) is 2.30. The fourth-order valence-corrected chi connectivity index (χ4v) is 2.71. The molecule has 0 spiro atoms. The lowest BCUT2D eigenvalue weighted by Crippen LogP contribution is -2.41. The fourth-order valence-electron chi connectivity index (χ4n) is 1.03. The molecule has 0 aliphatic carbocycles. The van der Waals surface area contributed by atoms with Gasteiger partial charge in [-0.3, -0.25) is 0 Å². The van der Waals surface area contributed by atoms with Crippen LogP contribution in [0.3, 0.4) is 0 Å². The molecular formula is C9H11BrClF3N2O2S. The highest BCUT2D eigenvalue weighted by molar-refractivity contribution is 9.10. The van der Waals surface area contributed by atoms with Crippen molar-refractivity contribution in [1.29, 1.82) is 0 Å². The molecule has 0 aliphatic heterocycles. The van der Waals surface area contributed by atoms with Gasteiger partial charge < -0.3 is 5.73 Å². The molecule has 0 saturated carbocycles. The molecule has 1 rings (SSSR count). The van der Waals surface area contributed by atoms with Crippen molar-refractivity contribution in [3.63, 3.8) is 0 Å². The maximum absolute atomic E-state index is 13.3. The van der Waals surface area contributed by atoms with Crippen LogP contribution in [0.15, 0.2) is 27.6 Å². The van der Waals surface area contributed by atoms with Crippen LogP contribution in [0.1, 0.15) is 0 Å². The number of nitrogens with two attached hydrogens (primary N) is 1. The molecule has 10 heteroatoms. The van der Waals surface area contributed by atoms with Crippen LogP contribution in [0, 0.1) is 5.82 Å². The van der Waals surface area contributed by atoms with Gasteiger partial charge in [0.15, 0.2) is 0 Å². The topological polar surface area (TPSA) is 72.2 Å². The Kier molecular flexibility index (Phi) is 6.76. The molecule has 0 bridgehead atoms. The summed E-state index contributed by atoms with van der Waals surface area (Å²) < 4.78 is 64.1. The van der Waals surface area contributed by atoms with E-state index in [4.69, 9.17) is 5.73 Å². The lowest BCUT2D eigenvalue weighted by atomic mass is 10.3. The third kappa shape index (κ3) is 5.27. The van der Waals surface area contributed by atoms with Gasteiger partial charge in [-0.1, -0.05) is 15.9 Å². The summed E-state index contributed by atoms with van der Waals surface area (Å²) in [4.78, 5) is -0.704. The van der Waals surface area contributed by atoms with Gasteiger partial charge in [0.25, 0.3) is 5.92 Å². The summed E-state index contributed by atoms with van der Waals surface area (Å²) >= 11 is 2.97. The monoisotopic (exact) mass is 382 g/mol. The molecule has 0 heterocycles. The third-order valence-electron chi connectivity index (χ3n) is 2.00. The molecule has 0 saturated heterocycles. The standard InChI is InChI=1S/C9H10BrF3N2O2S.ClH/c10-6-1-2-7(11)8(3-6)18(16,17)15-5-9(12,13)4-14;/h1-3,15H,4-5,14H2;1H. The summed E-state index contributed by atoms with van der Waals surface area (Å²) in [6.45, 7) is -2.19. The molecule has 0 amide bonds. The highest BCUT2D eigenvalue weighted by Gasteiger charge is 2.30. The van der Waals surface area contributed by atoms with Gasteiger partial charge in [-0.25, -0.2) is 26.3 Å². The maximum Gasteiger partial charge on any atom is 0.273 e. The van der Waals surface area contributed by atoms with Gasteiger partial charge in [-0.15, -0.1) is 12.4 Å². The summed E-state index contributed by atoms with van der Waals surface area (Å²) in [5.74, 6) is -4.41. The number of hydrogen-bond donors (Lipinski definition) is 2. The van der Waals surface area contributed by atoms with E-state index in [0.29, 0.717) is 4.47 Å². The molecule has 3 N–H and O–H groups in total. The Bertz CT molecular complexity index is 542. The number of sulfonamides is 1. The zero-order valence-electron chi connectivity index (χ0n) is 9.37. The van der Waals surface area contributed by atoms with E-state index in [1.165, 1.54) is 6.07 Å². The van der Waals surface area contributed by atoms with Crippen LogP contribution in [0.2, 0.25) is 0 Å². The van der Waals surface area contributed by atoms with Crippen molar-refractivity contribution in [2.45, 2.75) is 10.8 Å². The highest BCUT2D eigenvalue weighted by atomic mass is 79.9. The summed E-state index contributed by atoms with van der Waals surface area (Å²) in [5.41, 5.74) is 4.76. The Balaban J connectivity index is 0.00000324. The van der Waals surface area contributed by atoms with Crippen LogP contribution in [0.4, 0.5) is 13.2 Å². The number of benzene rings is 1. The first-order valence-electron chi connectivity index (χ1n) is 4.70. The van der Waals surface area contributed by atoms with E-state index in [1.807, 2.05) is 0 Å². The normalized spacial score (nSPS) is 12.1. The third-order valence-corrected chi connectivity index (χ3v) is 3.91. The molecule has 1 aromatic rings. The first-order chi connectivity index (χ1) is 8.18. The Morgan fingerprint density at radius 3 is 2.47 bits per heavy atom. The van der Waals surface area contributed by atoms with Crippen LogP contribution in [-0.4, -0.2) is 27.4 Å². The van der Waals surface area contributed by atoms with Crippen LogP contribution >= 0.6 is 28.3 Å². The number of rotatable bonds is 5. The van der Waals surface area contributed by atoms with E-state index in [-0.39, 0.29) is 12.4 Å². The highest BCUT2D eigenvalue weighted by Crippen LogP contribution is 2.20. The number of halogens is 5. The van der Waals surface area contributed by atoms with Crippen LogP contribution < -0.4 is 10.5 Å². The summed E-state index contributed by atoms with van der Waals surface area (Å²) in [6.07, 6.45) is 0. The van der Waals surface area contributed by atoms with Crippen LogP contribution in [0.25, 0.3) is 0 Å². The van der Waals surface area contributed by atoms with Gasteiger partial charge in [0.05, 0.1) is 13.1 Å². The second-order valence-corrected chi connectivity index (χ2v) is 6.11. The van der Waals surface area contributed by atoms with Crippen molar-refractivity contribution in [1.82, 2.24) is 4.72 Å². The smallest absolute Gasteiger partial charge is 0.273 e. The number of hydrogen-bond acceptors (Lipinski definition) is 3. The SMILES string of the molecule is Cl.NCC(F)(F)CNS(=O)(=O)c1cc(Br)ccc1F. The lowest BCUT2D eigenvalue weighted by molar-refractivity contribution is 0.0170. The summed E-state index contributed by atoms with van der Waals surface area (Å²) in [6, 6.07) is 3.20. The Morgan fingerprint density at radius 2 is 1.95 bits per heavy atom. The lowest BCUT2D eigenvalue weighted by Gasteiger charge is -2.15. The van der Waals surface area contributed by atoms with Gasteiger partial charge in [0.2, 0.25) is 10.0 Å². The molecular weight excluding hydrogens is 373 g/mol. The van der Waals surface area contributed by atoms with Crippen LogP contribution in [-0.2, 0) is 10.0 Å². The van der Waals surface area contributed by atoms with E-state index in [1.54, 1.807) is 4.72 Å². The van der Waals surface area contributed by atoms with Gasteiger partial charge in [-0.2, -0.15) is 0 Å². The van der Waals surface area contributed by atoms with Crippen molar-refractivity contribution in [3.8, 4) is 0 Å². The second kappa shape index (κ2) is 6.89. The predicted octanol–water partition coefficient (Wildman–Crippen LogP) is 1.88. The molecule has 0 atom stereocenters. The van der Waals surface area contributed by atoms with Crippen LogP contribution in [0.5, 0.6) is 0 Å². The van der Waals surface area contributed by atoms with Crippen molar-refractivity contribution in [2.24, 2.45) is 5.73 Å². The fraction of sp³-hybridized carbons (Fsp3) is 0.333. The number of alkyl halides is 2. The Morgan fingerprint density at radius 1 is 1.37 bits per heavy atom. The first kappa shape index (κ1) is 18.7. The quantitative estimate of drug-likeness (QED) is 0.815. The van der Waals surface area contributed by atoms with Crippen molar-refractivity contribution >= 4 is 38.4 Å². The zero-order valence-corrected chi connectivity index (χ0v) is 12.6. The van der Waals surface area contributed by atoms with Crippen molar-refractivity contribution < 1.29 is 21.6 Å². The van der Waals surface area contributed by atoms with E-state index in [9.17, 15) is 21.6 Å². The summed E-state index contributed by atoms with van der Waals surface area (Å²) in [5, 5.41) is 0. The molecule has 110 valence electrons.